The Bertz CT molecular complexity index is 705. The van der Waals surface area contributed by atoms with Gasteiger partial charge in [0.1, 0.15) is 17.5 Å². The third-order valence-corrected chi connectivity index (χ3v) is 2.95. The highest BCUT2D eigenvalue weighted by molar-refractivity contribution is 5.73. The number of benzene rings is 1. The van der Waals surface area contributed by atoms with E-state index < -0.39 is 27.8 Å². The maximum Gasteiger partial charge on any atom is 0.295 e. The van der Waals surface area contributed by atoms with Crippen molar-refractivity contribution >= 4 is 11.5 Å². The predicted octanol–water partition coefficient (Wildman–Crippen LogP) is 3.68. The second-order valence-corrected chi connectivity index (χ2v) is 4.40. The third kappa shape index (κ3) is 2.81. The molecule has 0 fully saturated rings. The van der Waals surface area contributed by atoms with Crippen LogP contribution >= 0.6 is 0 Å². The van der Waals surface area contributed by atoms with Gasteiger partial charge in [0.2, 0.25) is 0 Å². The van der Waals surface area contributed by atoms with Gasteiger partial charge in [0.15, 0.2) is 5.69 Å². The van der Waals surface area contributed by atoms with Gasteiger partial charge in [0, 0.05) is 12.6 Å². The summed E-state index contributed by atoms with van der Waals surface area (Å²) in [7, 11) is 0. The minimum absolute atomic E-state index is 0.191. The molecule has 0 aliphatic carbocycles. The topological polar surface area (TPSA) is 68.1 Å². The first-order valence-corrected chi connectivity index (χ1v) is 6.30. The minimum Gasteiger partial charge on any atom is -0.370 e. The lowest BCUT2D eigenvalue weighted by molar-refractivity contribution is -0.384. The van der Waals surface area contributed by atoms with Crippen molar-refractivity contribution < 1.29 is 13.7 Å². The van der Waals surface area contributed by atoms with Gasteiger partial charge in [0.25, 0.3) is 5.69 Å². The van der Waals surface area contributed by atoms with E-state index >= 15 is 0 Å². The van der Waals surface area contributed by atoms with Gasteiger partial charge in [0.05, 0.1) is 10.5 Å². The average Bonchev–Trinajstić information content (AvgIpc) is 2.44. The lowest BCUT2D eigenvalue weighted by atomic mass is 10.0. The second kappa shape index (κ2) is 5.82. The second-order valence-electron chi connectivity index (χ2n) is 4.40. The molecule has 1 N–H and O–H groups in total. The molecular weight excluding hydrogens is 280 g/mol. The molecule has 0 spiro atoms. The largest absolute Gasteiger partial charge is 0.370 e. The standard InChI is InChI=1S/C14H13F2N3O2/c1-3-17-11-7-6-10(19(20)21)14(18-11)12-9(15)5-4-8(2)13(12)16/h4-7H,3H2,1-2H3,(H,17,18). The molecule has 0 bridgehead atoms. The Balaban J connectivity index is 2.74. The first kappa shape index (κ1) is 14.8. The molecule has 5 nitrogen and oxygen atoms in total. The number of halogens is 2. The van der Waals surface area contributed by atoms with E-state index in [2.05, 4.69) is 10.3 Å². The Hall–Kier alpha value is -2.57. The summed E-state index contributed by atoms with van der Waals surface area (Å²) in [6.07, 6.45) is 0. The number of aryl methyl sites for hydroxylation is 1. The van der Waals surface area contributed by atoms with Crippen molar-refractivity contribution in [2.45, 2.75) is 13.8 Å². The molecule has 0 radical (unpaired) electrons. The number of rotatable bonds is 4. The first-order valence-electron chi connectivity index (χ1n) is 6.30. The zero-order valence-electron chi connectivity index (χ0n) is 11.5. The van der Waals surface area contributed by atoms with Crippen LogP contribution in [0, 0.1) is 28.7 Å². The van der Waals surface area contributed by atoms with Gasteiger partial charge in [-0.2, -0.15) is 0 Å². The summed E-state index contributed by atoms with van der Waals surface area (Å²) < 4.78 is 28.1. The highest BCUT2D eigenvalue weighted by Gasteiger charge is 2.24. The monoisotopic (exact) mass is 293 g/mol. The molecular formula is C14H13F2N3O2. The predicted molar refractivity (Wildman–Crippen MR) is 75.1 cm³/mol. The Morgan fingerprint density at radius 3 is 2.62 bits per heavy atom. The molecule has 0 amide bonds. The molecule has 0 atom stereocenters. The van der Waals surface area contributed by atoms with E-state index in [9.17, 15) is 18.9 Å². The number of nitro groups is 1. The van der Waals surface area contributed by atoms with Gasteiger partial charge in [-0.25, -0.2) is 13.8 Å². The Morgan fingerprint density at radius 1 is 1.29 bits per heavy atom. The molecule has 2 aromatic rings. The average molecular weight is 293 g/mol. The number of aromatic nitrogens is 1. The first-order chi connectivity index (χ1) is 9.95. The normalized spacial score (nSPS) is 10.5. The van der Waals surface area contributed by atoms with Gasteiger partial charge >= 0.3 is 0 Å². The van der Waals surface area contributed by atoms with Gasteiger partial charge in [-0.05, 0) is 31.5 Å². The van der Waals surface area contributed by atoms with Crippen molar-refractivity contribution in [2.24, 2.45) is 0 Å². The third-order valence-electron chi connectivity index (χ3n) is 2.95. The van der Waals surface area contributed by atoms with Crippen molar-refractivity contribution in [3.8, 4) is 11.3 Å². The van der Waals surface area contributed by atoms with Crippen LogP contribution in [-0.4, -0.2) is 16.5 Å². The highest BCUT2D eigenvalue weighted by Crippen LogP contribution is 2.34. The molecule has 0 aliphatic heterocycles. The van der Waals surface area contributed by atoms with E-state index in [1.165, 1.54) is 25.1 Å². The zero-order chi connectivity index (χ0) is 15.6. The lowest BCUT2D eigenvalue weighted by Gasteiger charge is -2.09. The summed E-state index contributed by atoms with van der Waals surface area (Å²) >= 11 is 0. The minimum atomic E-state index is -0.887. The maximum atomic E-state index is 14.2. The fraction of sp³-hybridized carbons (Fsp3) is 0.214. The van der Waals surface area contributed by atoms with Crippen LogP contribution in [0.25, 0.3) is 11.3 Å². The summed E-state index contributed by atoms with van der Waals surface area (Å²) in [4.78, 5) is 14.3. The molecule has 1 heterocycles. The van der Waals surface area contributed by atoms with E-state index in [-0.39, 0.29) is 11.3 Å². The van der Waals surface area contributed by atoms with Crippen molar-refractivity contribution in [3.05, 3.63) is 51.6 Å². The van der Waals surface area contributed by atoms with Gasteiger partial charge < -0.3 is 5.32 Å². The molecule has 1 aromatic carbocycles. The number of anilines is 1. The van der Waals surface area contributed by atoms with Crippen molar-refractivity contribution in [2.75, 3.05) is 11.9 Å². The van der Waals surface area contributed by atoms with Gasteiger partial charge in [-0.3, -0.25) is 10.1 Å². The van der Waals surface area contributed by atoms with Crippen LogP contribution in [0.15, 0.2) is 24.3 Å². The molecule has 0 saturated carbocycles. The Labute approximate surface area is 119 Å². The van der Waals surface area contributed by atoms with Gasteiger partial charge in [-0.1, -0.05) is 6.07 Å². The van der Waals surface area contributed by atoms with Crippen LogP contribution in [0.2, 0.25) is 0 Å². The summed E-state index contributed by atoms with van der Waals surface area (Å²) in [6.45, 7) is 3.80. The quantitative estimate of drug-likeness (QED) is 0.689. The van der Waals surface area contributed by atoms with Crippen LogP contribution in [0.4, 0.5) is 20.3 Å². The maximum absolute atomic E-state index is 14.2. The molecule has 0 aliphatic rings. The molecule has 0 saturated heterocycles. The summed E-state index contributed by atoms with van der Waals surface area (Å²) in [5.74, 6) is -1.42. The molecule has 7 heteroatoms. The van der Waals surface area contributed by atoms with Crippen molar-refractivity contribution in [3.63, 3.8) is 0 Å². The Morgan fingerprint density at radius 2 is 2.00 bits per heavy atom. The van der Waals surface area contributed by atoms with E-state index in [0.29, 0.717) is 12.4 Å². The number of nitrogens with zero attached hydrogens (tertiary/aromatic N) is 2. The fourth-order valence-electron chi connectivity index (χ4n) is 1.94. The molecule has 21 heavy (non-hydrogen) atoms. The summed E-state index contributed by atoms with van der Waals surface area (Å²) in [6, 6.07) is 4.92. The lowest BCUT2D eigenvalue weighted by Crippen LogP contribution is -2.04. The van der Waals surface area contributed by atoms with Crippen LogP contribution in [0.5, 0.6) is 0 Å². The van der Waals surface area contributed by atoms with Crippen molar-refractivity contribution in [1.29, 1.82) is 0 Å². The summed E-state index contributed by atoms with van der Waals surface area (Å²) in [5, 5.41) is 13.9. The summed E-state index contributed by atoms with van der Waals surface area (Å²) in [5.41, 5.74) is -1.06. The van der Waals surface area contributed by atoms with E-state index in [4.69, 9.17) is 0 Å². The zero-order valence-corrected chi connectivity index (χ0v) is 11.5. The molecule has 0 unspecified atom stereocenters. The van der Waals surface area contributed by atoms with Crippen molar-refractivity contribution in [1.82, 2.24) is 4.98 Å². The van der Waals surface area contributed by atoms with Crippen LogP contribution in [-0.2, 0) is 0 Å². The Kier molecular flexibility index (Phi) is 4.11. The SMILES string of the molecule is CCNc1ccc([N+](=O)[O-])c(-c2c(F)ccc(C)c2F)n1. The number of hydrogen-bond donors (Lipinski definition) is 1. The van der Waals surface area contributed by atoms with E-state index in [1.54, 1.807) is 0 Å². The van der Waals surface area contributed by atoms with E-state index in [0.717, 1.165) is 6.07 Å². The number of hydrogen-bond acceptors (Lipinski definition) is 4. The molecule has 110 valence electrons. The number of nitrogens with one attached hydrogen (secondary N) is 1. The number of pyridine rings is 1. The van der Waals surface area contributed by atoms with E-state index in [1.807, 2.05) is 6.92 Å². The van der Waals surface area contributed by atoms with Crippen LogP contribution in [0.1, 0.15) is 12.5 Å². The van der Waals surface area contributed by atoms with Crippen LogP contribution in [0.3, 0.4) is 0 Å². The smallest absolute Gasteiger partial charge is 0.295 e. The van der Waals surface area contributed by atoms with Crippen LogP contribution < -0.4 is 5.32 Å². The van der Waals surface area contributed by atoms with Gasteiger partial charge in [-0.15, -0.1) is 0 Å². The molecule has 2 rings (SSSR count). The molecule has 1 aromatic heterocycles. The fourth-order valence-corrected chi connectivity index (χ4v) is 1.94. The highest BCUT2D eigenvalue weighted by atomic mass is 19.1.